The summed E-state index contributed by atoms with van der Waals surface area (Å²) in [5.41, 5.74) is 7.58. The van der Waals surface area contributed by atoms with Crippen molar-refractivity contribution in [3.05, 3.63) is 122 Å². The van der Waals surface area contributed by atoms with Gasteiger partial charge in [0.05, 0.1) is 9.85 Å². The molecule has 13 nitrogen and oxygen atoms in total. The molecule has 0 bridgehead atoms. The first-order chi connectivity index (χ1) is 20.3. The topological polar surface area (TPSA) is 181 Å². The third kappa shape index (κ3) is 10.6. The Morgan fingerprint density at radius 1 is 0.714 bits per heavy atom. The molecule has 13 heteroatoms. The van der Waals surface area contributed by atoms with Crippen LogP contribution in [0.1, 0.15) is 34.3 Å². The standard InChI is InChI=1S/C29H27N7O6/c37-28(33-31-20-1-4-22-7-15-26(16-8-22)35(39)40)6-3-19-30-25-13-11-24(12-14-25)29(38)34-32-21-2-5-23-9-17-27(18-10-23)36(41)42/h1-2,4-5,7-18,20-21,30H,3,6,19H2,(H,33,37)(H,34,38)/b4-1+,5-2+,31-20+,32-21+. The van der Waals surface area contributed by atoms with Gasteiger partial charge in [0.1, 0.15) is 0 Å². The monoisotopic (exact) mass is 569 g/mol. The molecule has 0 saturated heterocycles. The van der Waals surface area contributed by atoms with Gasteiger partial charge in [0.2, 0.25) is 5.91 Å². The number of rotatable bonds is 14. The molecule has 0 fully saturated rings. The second-order valence-corrected chi connectivity index (χ2v) is 8.56. The van der Waals surface area contributed by atoms with E-state index in [2.05, 4.69) is 26.4 Å². The van der Waals surface area contributed by atoms with E-state index in [1.54, 1.807) is 72.8 Å². The van der Waals surface area contributed by atoms with Gasteiger partial charge in [-0.2, -0.15) is 10.2 Å². The zero-order valence-corrected chi connectivity index (χ0v) is 22.3. The van der Waals surface area contributed by atoms with E-state index in [1.165, 1.54) is 36.7 Å². The Labute approximate surface area is 240 Å². The Hall–Kier alpha value is -5.98. The number of hydrazone groups is 2. The molecule has 3 aromatic carbocycles. The van der Waals surface area contributed by atoms with E-state index in [1.807, 2.05) is 0 Å². The number of carbonyl (C=O) groups excluding carboxylic acids is 2. The molecule has 0 unspecified atom stereocenters. The molecular weight excluding hydrogens is 542 g/mol. The first-order valence-electron chi connectivity index (χ1n) is 12.6. The van der Waals surface area contributed by atoms with Gasteiger partial charge in [0, 0.05) is 60.9 Å². The summed E-state index contributed by atoms with van der Waals surface area (Å²) in [6, 6.07) is 18.8. The van der Waals surface area contributed by atoms with E-state index in [0.29, 0.717) is 18.5 Å². The Morgan fingerprint density at radius 3 is 1.71 bits per heavy atom. The summed E-state index contributed by atoms with van der Waals surface area (Å²) in [5, 5.41) is 32.2. The van der Waals surface area contributed by atoms with Crippen molar-refractivity contribution >= 4 is 53.5 Å². The van der Waals surface area contributed by atoms with E-state index in [9.17, 15) is 29.8 Å². The first kappa shape index (κ1) is 30.6. The minimum absolute atomic E-state index is 0.00779. The molecule has 0 saturated carbocycles. The van der Waals surface area contributed by atoms with Gasteiger partial charge in [-0.25, -0.2) is 10.9 Å². The maximum atomic E-state index is 12.2. The Kier molecular flexibility index (Phi) is 11.8. The van der Waals surface area contributed by atoms with Crippen LogP contribution in [-0.4, -0.2) is 40.6 Å². The van der Waals surface area contributed by atoms with Crippen LogP contribution in [0, 0.1) is 20.2 Å². The summed E-state index contributed by atoms with van der Waals surface area (Å²) in [6.45, 7) is 0.536. The number of nitro groups is 2. The Morgan fingerprint density at radius 2 is 1.21 bits per heavy atom. The number of nitro benzene ring substituents is 2. The fourth-order valence-corrected chi connectivity index (χ4v) is 3.36. The lowest BCUT2D eigenvalue weighted by atomic mass is 10.2. The number of carbonyl (C=O) groups is 2. The molecule has 0 aliphatic heterocycles. The number of allylic oxidation sites excluding steroid dienone is 2. The molecule has 0 aromatic heterocycles. The van der Waals surface area contributed by atoms with Crippen LogP contribution in [0.5, 0.6) is 0 Å². The third-order valence-electron chi connectivity index (χ3n) is 5.52. The van der Waals surface area contributed by atoms with Crippen LogP contribution in [0.25, 0.3) is 12.2 Å². The normalized spacial score (nSPS) is 11.3. The van der Waals surface area contributed by atoms with Crippen LogP contribution >= 0.6 is 0 Å². The maximum absolute atomic E-state index is 12.2. The molecule has 0 heterocycles. The molecule has 42 heavy (non-hydrogen) atoms. The van der Waals surface area contributed by atoms with Gasteiger partial charge in [-0.15, -0.1) is 0 Å². The first-order valence-corrected chi connectivity index (χ1v) is 12.6. The van der Waals surface area contributed by atoms with E-state index in [4.69, 9.17) is 0 Å². The highest BCUT2D eigenvalue weighted by molar-refractivity contribution is 5.95. The van der Waals surface area contributed by atoms with Crippen molar-refractivity contribution in [1.29, 1.82) is 0 Å². The molecular formula is C29H27N7O6. The van der Waals surface area contributed by atoms with Gasteiger partial charge < -0.3 is 5.32 Å². The average molecular weight is 570 g/mol. The number of anilines is 1. The highest BCUT2D eigenvalue weighted by atomic mass is 16.6. The lowest BCUT2D eigenvalue weighted by Gasteiger charge is -2.07. The van der Waals surface area contributed by atoms with Gasteiger partial charge in [-0.1, -0.05) is 12.2 Å². The van der Waals surface area contributed by atoms with Crippen molar-refractivity contribution in [2.45, 2.75) is 12.8 Å². The third-order valence-corrected chi connectivity index (χ3v) is 5.52. The molecule has 3 N–H and O–H groups in total. The molecule has 214 valence electrons. The summed E-state index contributed by atoms with van der Waals surface area (Å²) in [4.78, 5) is 44.6. The Bertz CT molecular complexity index is 1500. The number of benzene rings is 3. The van der Waals surface area contributed by atoms with Gasteiger partial charge in [0.15, 0.2) is 0 Å². The highest BCUT2D eigenvalue weighted by Crippen LogP contribution is 2.14. The van der Waals surface area contributed by atoms with E-state index < -0.39 is 9.85 Å². The summed E-state index contributed by atoms with van der Waals surface area (Å²) in [7, 11) is 0. The number of nitrogens with one attached hydrogen (secondary N) is 3. The summed E-state index contributed by atoms with van der Waals surface area (Å²) < 4.78 is 0. The zero-order chi connectivity index (χ0) is 30.2. The van der Waals surface area contributed by atoms with Crippen molar-refractivity contribution in [3.63, 3.8) is 0 Å². The summed E-state index contributed by atoms with van der Waals surface area (Å²) in [5.74, 6) is -0.631. The van der Waals surface area contributed by atoms with Crippen LogP contribution in [0.4, 0.5) is 17.1 Å². The van der Waals surface area contributed by atoms with Crippen molar-refractivity contribution in [3.8, 4) is 0 Å². The van der Waals surface area contributed by atoms with Crippen molar-refractivity contribution < 1.29 is 19.4 Å². The van der Waals surface area contributed by atoms with Crippen LogP contribution in [0.15, 0.2) is 95.2 Å². The number of nitrogens with zero attached hydrogens (tertiary/aromatic N) is 4. The quantitative estimate of drug-likeness (QED) is 0.106. The van der Waals surface area contributed by atoms with Gasteiger partial charge in [-0.3, -0.25) is 29.8 Å². The van der Waals surface area contributed by atoms with Crippen molar-refractivity contribution in [2.24, 2.45) is 10.2 Å². The van der Waals surface area contributed by atoms with Crippen molar-refractivity contribution in [1.82, 2.24) is 10.9 Å². The van der Waals surface area contributed by atoms with E-state index in [0.717, 1.165) is 16.8 Å². The fraction of sp³-hybridized carbons (Fsp3) is 0.103. The predicted molar refractivity (Wildman–Crippen MR) is 161 cm³/mol. The summed E-state index contributed by atoms with van der Waals surface area (Å²) in [6.07, 6.45) is 10.2. The maximum Gasteiger partial charge on any atom is 0.271 e. The van der Waals surface area contributed by atoms with Crippen LogP contribution in [0.3, 0.4) is 0 Å². The minimum atomic E-state index is -0.469. The van der Waals surface area contributed by atoms with Gasteiger partial charge in [-0.05, 0) is 78.2 Å². The smallest absolute Gasteiger partial charge is 0.271 e. The number of non-ortho nitro benzene ring substituents is 2. The summed E-state index contributed by atoms with van der Waals surface area (Å²) >= 11 is 0. The van der Waals surface area contributed by atoms with Crippen LogP contribution in [-0.2, 0) is 4.79 Å². The van der Waals surface area contributed by atoms with E-state index in [-0.39, 0.29) is 29.6 Å². The zero-order valence-electron chi connectivity index (χ0n) is 22.3. The molecule has 0 atom stereocenters. The lowest BCUT2D eigenvalue weighted by Crippen LogP contribution is -2.18. The number of hydrogen-bond acceptors (Lipinski definition) is 9. The van der Waals surface area contributed by atoms with Crippen molar-refractivity contribution in [2.75, 3.05) is 11.9 Å². The van der Waals surface area contributed by atoms with Crippen LogP contribution in [0.2, 0.25) is 0 Å². The molecule has 0 aliphatic rings. The highest BCUT2D eigenvalue weighted by Gasteiger charge is 2.05. The second kappa shape index (κ2) is 16.2. The molecule has 3 aromatic rings. The number of amides is 2. The van der Waals surface area contributed by atoms with Crippen LogP contribution < -0.4 is 16.2 Å². The molecule has 2 amide bonds. The fourth-order valence-electron chi connectivity index (χ4n) is 3.36. The molecule has 0 spiro atoms. The largest absolute Gasteiger partial charge is 0.385 e. The lowest BCUT2D eigenvalue weighted by molar-refractivity contribution is -0.385. The Balaban J connectivity index is 1.30. The molecule has 0 radical (unpaired) electrons. The predicted octanol–water partition coefficient (Wildman–Crippen LogP) is 4.94. The minimum Gasteiger partial charge on any atom is -0.385 e. The second-order valence-electron chi connectivity index (χ2n) is 8.56. The molecule has 0 aliphatic carbocycles. The molecule has 3 rings (SSSR count). The number of hydrogen-bond donors (Lipinski definition) is 3. The average Bonchev–Trinajstić information content (AvgIpc) is 2.99. The SMILES string of the molecule is O=C(CCCNc1ccc(C(=O)N/N=C/C=C/c2ccc([N+](=O)[O-])cc2)cc1)N/N=C/C=C/c1ccc([N+](=O)[O-])cc1. The van der Waals surface area contributed by atoms with Gasteiger partial charge >= 0.3 is 0 Å². The van der Waals surface area contributed by atoms with Gasteiger partial charge in [0.25, 0.3) is 17.3 Å². The van der Waals surface area contributed by atoms with E-state index >= 15 is 0 Å².